The molecule has 0 spiro atoms. The standard InChI is InChI=1S/C22H20N2O5/c1-15-19(23-22(28-15)17-5-3-2-4-6-17)11-12-27-18-9-7-16(8-10-18)14-24-20(25)13-21(26)29-24/h2-10H,11-14H2,1H3. The average Bonchev–Trinajstić information content (AvgIpc) is 3.25. The lowest BCUT2D eigenvalue weighted by molar-refractivity contribution is -0.180. The van der Waals surface area contributed by atoms with Gasteiger partial charge in [0.1, 0.15) is 17.9 Å². The Bertz CT molecular complexity index is 1010. The molecule has 0 N–H and O–H groups in total. The predicted octanol–water partition coefficient (Wildman–Crippen LogP) is 3.46. The zero-order chi connectivity index (χ0) is 20.2. The molecular weight excluding hydrogens is 372 g/mol. The third kappa shape index (κ3) is 4.45. The van der Waals surface area contributed by atoms with E-state index in [1.165, 1.54) is 0 Å². The van der Waals surface area contributed by atoms with Crippen molar-refractivity contribution in [2.75, 3.05) is 6.61 Å². The van der Waals surface area contributed by atoms with Gasteiger partial charge in [-0.05, 0) is 36.8 Å². The van der Waals surface area contributed by atoms with E-state index in [1.54, 1.807) is 0 Å². The second-order valence-corrected chi connectivity index (χ2v) is 6.70. The third-order valence-electron chi connectivity index (χ3n) is 4.56. The fourth-order valence-corrected chi connectivity index (χ4v) is 3.02. The van der Waals surface area contributed by atoms with E-state index >= 15 is 0 Å². The highest BCUT2D eigenvalue weighted by molar-refractivity contribution is 5.98. The van der Waals surface area contributed by atoms with E-state index in [1.807, 2.05) is 61.5 Å². The van der Waals surface area contributed by atoms with Gasteiger partial charge in [0, 0.05) is 12.0 Å². The molecule has 0 aliphatic carbocycles. The van der Waals surface area contributed by atoms with E-state index in [9.17, 15) is 9.59 Å². The molecule has 2 aromatic carbocycles. The predicted molar refractivity (Wildman–Crippen MR) is 104 cm³/mol. The minimum Gasteiger partial charge on any atom is -0.493 e. The van der Waals surface area contributed by atoms with Crippen molar-refractivity contribution in [3.63, 3.8) is 0 Å². The van der Waals surface area contributed by atoms with E-state index in [0.717, 1.165) is 27.6 Å². The Labute approximate surface area is 167 Å². The van der Waals surface area contributed by atoms with Crippen molar-refractivity contribution < 1.29 is 23.6 Å². The highest BCUT2D eigenvalue weighted by Crippen LogP contribution is 2.22. The first-order valence-corrected chi connectivity index (χ1v) is 9.33. The van der Waals surface area contributed by atoms with Crippen LogP contribution in [0.3, 0.4) is 0 Å². The molecule has 0 saturated carbocycles. The minimum atomic E-state index is -0.520. The summed E-state index contributed by atoms with van der Waals surface area (Å²) in [5.74, 6) is 1.26. The first-order valence-electron chi connectivity index (χ1n) is 9.33. The summed E-state index contributed by atoms with van der Waals surface area (Å²) in [4.78, 5) is 32.2. The summed E-state index contributed by atoms with van der Waals surface area (Å²) >= 11 is 0. The number of aryl methyl sites for hydroxylation is 1. The van der Waals surface area contributed by atoms with Crippen molar-refractivity contribution in [3.8, 4) is 17.2 Å². The van der Waals surface area contributed by atoms with Crippen LogP contribution in [0, 0.1) is 6.92 Å². The van der Waals surface area contributed by atoms with Crippen LogP contribution in [0.5, 0.6) is 5.75 Å². The fourth-order valence-electron chi connectivity index (χ4n) is 3.02. The Balaban J connectivity index is 1.30. The highest BCUT2D eigenvalue weighted by Gasteiger charge is 2.29. The van der Waals surface area contributed by atoms with Gasteiger partial charge in [0.25, 0.3) is 5.91 Å². The molecule has 7 nitrogen and oxygen atoms in total. The number of nitrogens with zero attached hydrogens (tertiary/aromatic N) is 2. The molecule has 0 radical (unpaired) electrons. The summed E-state index contributed by atoms with van der Waals surface area (Å²) in [7, 11) is 0. The summed E-state index contributed by atoms with van der Waals surface area (Å²) in [6.07, 6.45) is 0.427. The Hall–Kier alpha value is -3.61. The molecular formula is C22H20N2O5. The van der Waals surface area contributed by atoms with Gasteiger partial charge in [-0.2, -0.15) is 5.06 Å². The molecule has 1 aromatic heterocycles. The summed E-state index contributed by atoms with van der Waals surface area (Å²) in [6.45, 7) is 2.59. The molecule has 3 aromatic rings. The summed E-state index contributed by atoms with van der Waals surface area (Å²) in [5.41, 5.74) is 2.66. The summed E-state index contributed by atoms with van der Waals surface area (Å²) in [5, 5.41) is 1.08. The monoisotopic (exact) mass is 392 g/mol. The van der Waals surface area contributed by atoms with Crippen molar-refractivity contribution in [2.45, 2.75) is 26.3 Å². The molecule has 0 unspecified atom stereocenters. The molecule has 1 aliphatic rings. The van der Waals surface area contributed by atoms with Crippen molar-refractivity contribution >= 4 is 11.9 Å². The second-order valence-electron chi connectivity index (χ2n) is 6.70. The molecule has 1 fully saturated rings. The number of hydrogen-bond acceptors (Lipinski definition) is 6. The topological polar surface area (TPSA) is 81.9 Å². The fraction of sp³-hybridized carbons (Fsp3) is 0.227. The van der Waals surface area contributed by atoms with Crippen LogP contribution in [0.25, 0.3) is 11.5 Å². The van der Waals surface area contributed by atoms with Crippen LogP contribution in [-0.2, 0) is 27.4 Å². The number of ether oxygens (including phenoxy) is 1. The van der Waals surface area contributed by atoms with Crippen molar-refractivity contribution in [1.29, 1.82) is 0 Å². The van der Waals surface area contributed by atoms with Crippen molar-refractivity contribution in [3.05, 3.63) is 71.6 Å². The first-order chi connectivity index (χ1) is 14.1. The number of carbonyl (C=O) groups excluding carboxylic acids is 2. The number of amides is 1. The number of rotatable bonds is 7. The van der Waals surface area contributed by atoms with Crippen LogP contribution in [-0.4, -0.2) is 28.5 Å². The van der Waals surface area contributed by atoms with E-state index in [-0.39, 0.29) is 18.9 Å². The van der Waals surface area contributed by atoms with Gasteiger partial charge in [-0.3, -0.25) is 4.79 Å². The minimum absolute atomic E-state index is 0.200. The van der Waals surface area contributed by atoms with Gasteiger partial charge in [0.2, 0.25) is 5.89 Å². The van der Waals surface area contributed by atoms with E-state index < -0.39 is 5.97 Å². The number of benzene rings is 2. The van der Waals surface area contributed by atoms with Crippen LogP contribution in [0.1, 0.15) is 23.4 Å². The quantitative estimate of drug-likeness (QED) is 0.573. The normalized spacial score (nSPS) is 13.6. The zero-order valence-corrected chi connectivity index (χ0v) is 16.0. The molecule has 0 bridgehead atoms. The maximum Gasteiger partial charge on any atom is 0.342 e. The first kappa shape index (κ1) is 18.7. The van der Waals surface area contributed by atoms with Gasteiger partial charge in [-0.25, -0.2) is 9.78 Å². The molecule has 4 rings (SSSR count). The van der Waals surface area contributed by atoms with Crippen LogP contribution < -0.4 is 4.74 Å². The van der Waals surface area contributed by atoms with Gasteiger partial charge >= 0.3 is 5.97 Å². The molecule has 1 amide bonds. The number of hydroxylamine groups is 2. The maximum atomic E-state index is 11.6. The Morgan fingerprint density at radius 1 is 1.07 bits per heavy atom. The van der Waals surface area contributed by atoms with E-state index in [0.29, 0.717) is 24.7 Å². The lowest BCUT2D eigenvalue weighted by Crippen LogP contribution is -2.22. The zero-order valence-electron chi connectivity index (χ0n) is 16.0. The molecule has 29 heavy (non-hydrogen) atoms. The number of hydrogen-bond donors (Lipinski definition) is 0. The van der Waals surface area contributed by atoms with Gasteiger partial charge < -0.3 is 14.0 Å². The maximum absolute atomic E-state index is 11.6. The Kier molecular flexibility index (Phi) is 5.29. The molecule has 0 atom stereocenters. The van der Waals surface area contributed by atoms with Gasteiger partial charge in [-0.15, -0.1) is 0 Å². The third-order valence-corrected chi connectivity index (χ3v) is 4.56. The number of aromatic nitrogens is 1. The molecule has 1 aliphatic heterocycles. The van der Waals surface area contributed by atoms with Crippen LogP contribution in [0.4, 0.5) is 0 Å². The lowest BCUT2D eigenvalue weighted by atomic mass is 10.2. The molecule has 1 saturated heterocycles. The number of oxazole rings is 1. The van der Waals surface area contributed by atoms with Gasteiger partial charge in [-0.1, -0.05) is 30.3 Å². The highest BCUT2D eigenvalue weighted by atomic mass is 16.7. The van der Waals surface area contributed by atoms with Gasteiger partial charge in [0.05, 0.1) is 18.8 Å². The molecule has 7 heteroatoms. The van der Waals surface area contributed by atoms with Crippen LogP contribution in [0.2, 0.25) is 0 Å². The van der Waals surface area contributed by atoms with Crippen LogP contribution in [0.15, 0.2) is 59.0 Å². The molecule has 2 heterocycles. The second kappa shape index (κ2) is 8.18. The van der Waals surface area contributed by atoms with Crippen LogP contribution >= 0.6 is 0 Å². The molecule has 148 valence electrons. The van der Waals surface area contributed by atoms with E-state index in [2.05, 4.69) is 4.98 Å². The average molecular weight is 392 g/mol. The lowest BCUT2D eigenvalue weighted by Gasteiger charge is -2.13. The summed E-state index contributed by atoms with van der Waals surface area (Å²) in [6, 6.07) is 17.1. The Morgan fingerprint density at radius 2 is 1.83 bits per heavy atom. The summed E-state index contributed by atoms with van der Waals surface area (Å²) < 4.78 is 11.6. The van der Waals surface area contributed by atoms with Crippen molar-refractivity contribution in [2.24, 2.45) is 0 Å². The Morgan fingerprint density at radius 3 is 2.52 bits per heavy atom. The SMILES string of the molecule is Cc1oc(-c2ccccc2)nc1CCOc1ccc(CN2OC(=O)CC2=O)cc1. The van der Waals surface area contributed by atoms with Gasteiger partial charge in [0.15, 0.2) is 0 Å². The smallest absolute Gasteiger partial charge is 0.342 e. The van der Waals surface area contributed by atoms with E-state index in [4.69, 9.17) is 14.0 Å². The largest absolute Gasteiger partial charge is 0.493 e. The number of carbonyl (C=O) groups is 2. The van der Waals surface area contributed by atoms with Crippen molar-refractivity contribution in [1.82, 2.24) is 10.0 Å².